The molecule has 2 aromatic carbocycles. The van der Waals surface area contributed by atoms with Gasteiger partial charge in [-0.05, 0) is 43.7 Å². The van der Waals surface area contributed by atoms with Gasteiger partial charge in [0.05, 0.1) is 5.56 Å². The molecule has 0 fully saturated rings. The fourth-order valence-corrected chi connectivity index (χ4v) is 2.51. The van der Waals surface area contributed by atoms with Crippen LogP contribution >= 0.6 is 0 Å². The van der Waals surface area contributed by atoms with Gasteiger partial charge in [-0.3, -0.25) is 10.1 Å². The monoisotopic (exact) mass is 370 g/mol. The fourth-order valence-electron chi connectivity index (χ4n) is 2.51. The highest BCUT2D eigenvalue weighted by Gasteiger charge is 2.18. The molecule has 1 aliphatic heterocycles. The second kappa shape index (κ2) is 7.77. The van der Waals surface area contributed by atoms with Crippen LogP contribution in [0.3, 0.4) is 0 Å². The number of fused-ring (bicyclic) bond motifs is 1. The van der Waals surface area contributed by atoms with Crippen molar-refractivity contribution in [1.82, 2.24) is 5.32 Å². The zero-order valence-corrected chi connectivity index (χ0v) is 14.8. The van der Waals surface area contributed by atoms with Crippen LogP contribution in [0.2, 0.25) is 0 Å². The van der Waals surface area contributed by atoms with Gasteiger partial charge in [-0.15, -0.1) is 0 Å². The number of nitrogens with one attached hydrogen (secondary N) is 2. The summed E-state index contributed by atoms with van der Waals surface area (Å²) in [6.07, 6.45) is 0. The van der Waals surface area contributed by atoms with Crippen LogP contribution in [0.5, 0.6) is 11.5 Å². The summed E-state index contributed by atoms with van der Waals surface area (Å²) < 4.78 is 15.2. The van der Waals surface area contributed by atoms with Gasteiger partial charge in [-0.2, -0.15) is 0 Å². The number of benzene rings is 2. The van der Waals surface area contributed by atoms with Gasteiger partial charge in [0.15, 0.2) is 18.1 Å². The third kappa shape index (κ3) is 4.55. The van der Waals surface area contributed by atoms with Gasteiger partial charge in [0.2, 0.25) is 6.79 Å². The highest BCUT2D eigenvalue weighted by Crippen LogP contribution is 2.32. The molecule has 0 aliphatic carbocycles. The van der Waals surface area contributed by atoms with E-state index in [1.54, 1.807) is 12.1 Å². The highest BCUT2D eigenvalue weighted by atomic mass is 16.7. The van der Waals surface area contributed by atoms with E-state index in [1.165, 1.54) is 12.1 Å². The Labute approximate surface area is 155 Å². The molecule has 140 valence electrons. The largest absolute Gasteiger partial charge is 0.454 e. The van der Waals surface area contributed by atoms with Gasteiger partial charge in [0.1, 0.15) is 0 Å². The molecule has 0 saturated carbocycles. The van der Waals surface area contributed by atoms with E-state index in [0.717, 1.165) is 11.1 Å². The Bertz CT molecular complexity index is 909. The number of carbonyl (C=O) groups is 3. The number of rotatable bonds is 4. The van der Waals surface area contributed by atoms with Crippen LogP contribution in [0.4, 0.5) is 10.5 Å². The van der Waals surface area contributed by atoms with Gasteiger partial charge >= 0.3 is 12.0 Å². The first kappa shape index (κ1) is 18.2. The van der Waals surface area contributed by atoms with Crippen LogP contribution in [0, 0.1) is 13.8 Å². The molecule has 0 saturated heterocycles. The number of urea groups is 1. The lowest BCUT2D eigenvalue weighted by molar-refractivity contribution is -0.123. The maximum absolute atomic E-state index is 12.0. The molecule has 1 heterocycles. The first-order valence-corrected chi connectivity index (χ1v) is 8.17. The minimum absolute atomic E-state index is 0.0891. The SMILES string of the molecule is Cc1ccc(NC(=O)NC(=O)COC(=O)c2ccc3c(c2)OCO3)c(C)c1. The summed E-state index contributed by atoms with van der Waals surface area (Å²) in [6, 6.07) is 9.34. The highest BCUT2D eigenvalue weighted by molar-refractivity contribution is 6.02. The summed E-state index contributed by atoms with van der Waals surface area (Å²) >= 11 is 0. The van der Waals surface area contributed by atoms with E-state index in [0.29, 0.717) is 17.2 Å². The topological polar surface area (TPSA) is 103 Å². The molecular formula is C19H18N2O6. The number of hydrogen-bond donors (Lipinski definition) is 2. The van der Waals surface area contributed by atoms with Crippen molar-refractivity contribution in [2.24, 2.45) is 0 Å². The zero-order valence-electron chi connectivity index (χ0n) is 14.8. The summed E-state index contributed by atoms with van der Waals surface area (Å²) in [7, 11) is 0. The number of hydrogen-bond acceptors (Lipinski definition) is 6. The number of esters is 1. The summed E-state index contributed by atoms with van der Waals surface area (Å²) in [4.78, 5) is 35.7. The van der Waals surface area contributed by atoms with Gasteiger partial charge in [-0.25, -0.2) is 9.59 Å². The molecule has 2 N–H and O–H groups in total. The van der Waals surface area contributed by atoms with E-state index >= 15 is 0 Å². The number of carbonyl (C=O) groups excluding carboxylic acids is 3. The standard InChI is InChI=1S/C19H18N2O6/c1-11-3-5-14(12(2)7-11)20-19(24)21-17(22)9-25-18(23)13-4-6-15-16(8-13)27-10-26-15/h3-8H,9-10H2,1-2H3,(H2,20,21,22,24). The summed E-state index contributed by atoms with van der Waals surface area (Å²) in [5.41, 5.74) is 2.73. The Hall–Kier alpha value is -3.55. The summed E-state index contributed by atoms with van der Waals surface area (Å²) in [5.74, 6) is -0.487. The molecule has 0 bridgehead atoms. The fraction of sp³-hybridized carbons (Fsp3) is 0.211. The van der Waals surface area contributed by atoms with Crippen molar-refractivity contribution in [2.75, 3.05) is 18.7 Å². The van der Waals surface area contributed by atoms with Crippen LogP contribution in [0.15, 0.2) is 36.4 Å². The molecule has 0 aromatic heterocycles. The van der Waals surface area contributed by atoms with Crippen LogP contribution in [-0.2, 0) is 9.53 Å². The maximum Gasteiger partial charge on any atom is 0.338 e. The lowest BCUT2D eigenvalue weighted by Crippen LogP contribution is -2.37. The second-order valence-electron chi connectivity index (χ2n) is 5.96. The Balaban J connectivity index is 1.49. The van der Waals surface area contributed by atoms with E-state index in [1.807, 2.05) is 26.0 Å². The van der Waals surface area contributed by atoms with Gasteiger partial charge in [0, 0.05) is 5.69 Å². The lowest BCUT2D eigenvalue weighted by Gasteiger charge is -2.10. The molecule has 0 radical (unpaired) electrons. The molecule has 1 aliphatic rings. The number of ether oxygens (including phenoxy) is 3. The molecule has 27 heavy (non-hydrogen) atoms. The van der Waals surface area contributed by atoms with E-state index in [2.05, 4.69) is 10.6 Å². The van der Waals surface area contributed by atoms with Crippen molar-refractivity contribution in [2.45, 2.75) is 13.8 Å². The lowest BCUT2D eigenvalue weighted by atomic mass is 10.1. The molecule has 2 aromatic rings. The van der Waals surface area contributed by atoms with Crippen molar-refractivity contribution >= 4 is 23.6 Å². The Morgan fingerprint density at radius 3 is 2.59 bits per heavy atom. The van der Waals surface area contributed by atoms with Crippen LogP contribution < -0.4 is 20.1 Å². The van der Waals surface area contributed by atoms with Crippen LogP contribution in [0.25, 0.3) is 0 Å². The average Bonchev–Trinajstić information content (AvgIpc) is 3.09. The molecule has 3 rings (SSSR count). The minimum Gasteiger partial charge on any atom is -0.454 e. The molecule has 0 unspecified atom stereocenters. The number of aryl methyl sites for hydroxylation is 2. The van der Waals surface area contributed by atoms with E-state index < -0.39 is 24.5 Å². The van der Waals surface area contributed by atoms with Crippen molar-refractivity contribution in [1.29, 1.82) is 0 Å². The van der Waals surface area contributed by atoms with Crippen LogP contribution in [-0.4, -0.2) is 31.3 Å². The Morgan fingerprint density at radius 2 is 1.81 bits per heavy atom. The van der Waals surface area contributed by atoms with Crippen LogP contribution in [0.1, 0.15) is 21.5 Å². The van der Waals surface area contributed by atoms with E-state index in [4.69, 9.17) is 14.2 Å². The number of imide groups is 1. The quantitative estimate of drug-likeness (QED) is 0.802. The summed E-state index contributed by atoms with van der Waals surface area (Å²) in [5, 5.41) is 4.68. The molecule has 0 spiro atoms. The third-order valence-corrected chi connectivity index (χ3v) is 3.83. The first-order valence-electron chi connectivity index (χ1n) is 8.17. The van der Waals surface area contributed by atoms with Gasteiger partial charge in [0.25, 0.3) is 5.91 Å². The Morgan fingerprint density at radius 1 is 1.04 bits per heavy atom. The van der Waals surface area contributed by atoms with Crippen molar-refractivity contribution in [3.63, 3.8) is 0 Å². The average molecular weight is 370 g/mol. The number of amides is 3. The first-order chi connectivity index (χ1) is 12.9. The smallest absolute Gasteiger partial charge is 0.338 e. The molecule has 0 atom stereocenters. The van der Waals surface area contributed by atoms with Crippen molar-refractivity contribution in [3.05, 3.63) is 53.1 Å². The van der Waals surface area contributed by atoms with Crippen molar-refractivity contribution < 1.29 is 28.6 Å². The second-order valence-corrected chi connectivity index (χ2v) is 5.96. The predicted octanol–water partition coefficient (Wildman–Crippen LogP) is 2.54. The van der Waals surface area contributed by atoms with E-state index in [-0.39, 0.29) is 12.4 Å². The normalized spacial score (nSPS) is 11.6. The van der Waals surface area contributed by atoms with E-state index in [9.17, 15) is 14.4 Å². The third-order valence-electron chi connectivity index (χ3n) is 3.83. The Kier molecular flexibility index (Phi) is 5.25. The summed E-state index contributed by atoms with van der Waals surface area (Å²) in [6.45, 7) is 3.28. The molecule has 8 heteroatoms. The predicted molar refractivity (Wildman–Crippen MR) is 95.9 cm³/mol. The van der Waals surface area contributed by atoms with Gasteiger partial charge in [-0.1, -0.05) is 17.7 Å². The molecule has 3 amide bonds. The minimum atomic E-state index is -0.744. The zero-order chi connectivity index (χ0) is 19.4. The maximum atomic E-state index is 12.0. The van der Waals surface area contributed by atoms with Crippen molar-refractivity contribution in [3.8, 4) is 11.5 Å². The molecule has 8 nitrogen and oxygen atoms in total. The number of anilines is 1. The van der Waals surface area contributed by atoms with Gasteiger partial charge < -0.3 is 19.5 Å². The molecular weight excluding hydrogens is 352 g/mol.